The van der Waals surface area contributed by atoms with Crippen molar-refractivity contribution in [1.82, 2.24) is 24.8 Å². The molecular formula is C17H25N7O6S. The van der Waals surface area contributed by atoms with Gasteiger partial charge in [-0.05, 0) is 0 Å². The number of nitrogens with two attached hydrogens (primary N) is 1. The second-order valence-corrected chi connectivity index (χ2v) is 7.24. The molecule has 1 amide bonds. The number of carbonyl (C=O) groups is 1. The number of ether oxygens (including phenoxy) is 1. The molecule has 2 aromatic heterocycles. The molecule has 31 heavy (non-hydrogen) atoms. The highest BCUT2D eigenvalue weighted by Gasteiger charge is 2.43. The molecule has 1 aliphatic rings. The van der Waals surface area contributed by atoms with Crippen LogP contribution in [0.5, 0.6) is 0 Å². The minimum atomic E-state index is -1.27. The number of amides is 1. The Morgan fingerprint density at radius 2 is 2.10 bits per heavy atom. The molecule has 3 heterocycles. The number of carbonyl (C=O) groups excluding carboxylic acids is 1. The summed E-state index contributed by atoms with van der Waals surface area (Å²) in [6, 6.07) is -0.955. The molecule has 1 saturated heterocycles. The fourth-order valence-corrected chi connectivity index (χ4v) is 3.26. The van der Waals surface area contributed by atoms with Gasteiger partial charge in [0.15, 0.2) is 10.9 Å². The van der Waals surface area contributed by atoms with Crippen molar-refractivity contribution >= 4 is 35.2 Å². The van der Waals surface area contributed by atoms with E-state index in [1.54, 1.807) is 12.2 Å². The second kappa shape index (κ2) is 10.2. The maximum absolute atomic E-state index is 11.5. The van der Waals surface area contributed by atoms with Crippen LogP contribution in [0, 0.1) is 4.64 Å². The minimum absolute atomic E-state index is 0.218. The first-order chi connectivity index (χ1) is 14.9. The summed E-state index contributed by atoms with van der Waals surface area (Å²) in [6.07, 6.45) is 0.458. The molecule has 2 unspecified atom stereocenters. The lowest BCUT2D eigenvalue weighted by molar-refractivity contribution is -0.122. The molecule has 2 aromatic rings. The van der Waals surface area contributed by atoms with E-state index in [0.717, 1.165) is 0 Å². The standard InChI is InChI=1S/C17H25N7O6S/c18-8(5-25)14(29)19-3-1-2-4-20-17-22-13-10(15(31)23-17)21-7-24(13)16-12(28)11(27)9(6-26)30-16/h1-2,7-9,11-12,16,25-28H,3-6,18H2,(H,19,29)(H2,20,22,23,31)/b2-1+/t8?,9-,11?,12+,16-/m1/s1. The largest absolute Gasteiger partial charge is 0.394 e. The van der Waals surface area contributed by atoms with E-state index in [-0.39, 0.29) is 11.2 Å². The Morgan fingerprint density at radius 1 is 1.35 bits per heavy atom. The summed E-state index contributed by atoms with van der Waals surface area (Å²) >= 11 is 5.28. The number of hydrogen-bond donors (Lipinski definition) is 8. The van der Waals surface area contributed by atoms with Crippen LogP contribution in [-0.2, 0) is 9.53 Å². The summed E-state index contributed by atoms with van der Waals surface area (Å²) < 4.78 is 7.25. The lowest BCUT2D eigenvalue weighted by atomic mass is 10.1. The zero-order valence-electron chi connectivity index (χ0n) is 16.4. The molecule has 0 saturated carbocycles. The predicted octanol–water partition coefficient (Wildman–Crippen LogP) is -2.50. The molecule has 9 N–H and O–H groups in total. The number of imidazole rings is 1. The SMILES string of the molecule is NC(CO)C(=O)NC/C=C/CNc1nc(=S)c2ncn([C@@H]3O[C@H](CO)C(O)[C@@H]3O)c2[nH]1. The quantitative estimate of drug-likeness (QED) is 0.147. The van der Waals surface area contributed by atoms with Crippen LogP contribution in [0.2, 0.25) is 0 Å². The maximum Gasteiger partial charge on any atom is 0.239 e. The fourth-order valence-electron chi connectivity index (χ4n) is 3.02. The number of aliphatic hydroxyl groups excluding tert-OH is 4. The first-order valence-electron chi connectivity index (χ1n) is 9.49. The minimum Gasteiger partial charge on any atom is -0.394 e. The van der Waals surface area contributed by atoms with E-state index in [0.29, 0.717) is 23.7 Å². The van der Waals surface area contributed by atoms with Crippen LogP contribution in [0.15, 0.2) is 18.5 Å². The molecular weight excluding hydrogens is 430 g/mol. The summed E-state index contributed by atoms with van der Waals surface area (Å²) in [5.41, 5.74) is 6.20. The highest BCUT2D eigenvalue weighted by molar-refractivity contribution is 7.71. The van der Waals surface area contributed by atoms with Gasteiger partial charge in [0, 0.05) is 13.1 Å². The number of aromatic amines is 1. The van der Waals surface area contributed by atoms with Gasteiger partial charge in [0.1, 0.15) is 35.5 Å². The van der Waals surface area contributed by atoms with Gasteiger partial charge < -0.3 is 46.5 Å². The van der Waals surface area contributed by atoms with Crippen molar-refractivity contribution in [3.63, 3.8) is 0 Å². The highest BCUT2D eigenvalue weighted by Crippen LogP contribution is 2.31. The van der Waals surface area contributed by atoms with Crippen LogP contribution < -0.4 is 16.4 Å². The number of rotatable bonds is 9. The van der Waals surface area contributed by atoms with Crippen LogP contribution in [0.25, 0.3) is 11.2 Å². The van der Waals surface area contributed by atoms with Crippen molar-refractivity contribution in [2.24, 2.45) is 5.73 Å². The van der Waals surface area contributed by atoms with Crippen molar-refractivity contribution in [3.05, 3.63) is 23.1 Å². The smallest absolute Gasteiger partial charge is 0.239 e. The van der Waals surface area contributed by atoms with E-state index in [1.165, 1.54) is 10.9 Å². The maximum atomic E-state index is 11.5. The number of nitrogens with zero attached hydrogens (tertiary/aromatic N) is 3. The third-order valence-electron chi connectivity index (χ3n) is 4.72. The third-order valence-corrected chi connectivity index (χ3v) is 5.00. The highest BCUT2D eigenvalue weighted by atomic mass is 32.1. The van der Waals surface area contributed by atoms with Gasteiger partial charge in [-0.3, -0.25) is 9.36 Å². The van der Waals surface area contributed by atoms with E-state index in [9.17, 15) is 20.1 Å². The third kappa shape index (κ3) is 5.07. The van der Waals surface area contributed by atoms with E-state index in [2.05, 4.69) is 25.6 Å². The number of fused-ring (bicyclic) bond motifs is 1. The molecule has 3 rings (SSSR count). The van der Waals surface area contributed by atoms with Gasteiger partial charge in [-0.1, -0.05) is 24.4 Å². The molecule has 0 spiro atoms. The van der Waals surface area contributed by atoms with E-state index in [1.807, 2.05) is 0 Å². The Bertz CT molecular complexity index is 995. The van der Waals surface area contributed by atoms with Gasteiger partial charge in [0.2, 0.25) is 11.9 Å². The van der Waals surface area contributed by atoms with Gasteiger partial charge in [0.25, 0.3) is 0 Å². The summed E-state index contributed by atoms with van der Waals surface area (Å²) in [4.78, 5) is 22.9. The Kier molecular flexibility index (Phi) is 7.66. The van der Waals surface area contributed by atoms with Gasteiger partial charge in [-0.15, -0.1) is 0 Å². The number of anilines is 1. The zero-order chi connectivity index (χ0) is 22.5. The second-order valence-electron chi connectivity index (χ2n) is 6.85. The van der Waals surface area contributed by atoms with Crippen molar-refractivity contribution < 1.29 is 30.0 Å². The Balaban J connectivity index is 1.67. The summed E-state index contributed by atoms with van der Waals surface area (Å²) in [6.45, 7) is -0.267. The van der Waals surface area contributed by atoms with E-state index >= 15 is 0 Å². The average Bonchev–Trinajstić information content (AvgIpc) is 3.31. The Labute approximate surface area is 181 Å². The Morgan fingerprint density at radius 3 is 2.77 bits per heavy atom. The van der Waals surface area contributed by atoms with Crippen LogP contribution in [0.1, 0.15) is 6.23 Å². The topological polar surface area (TPSA) is 204 Å². The number of hydrogen-bond acceptors (Lipinski definition) is 11. The monoisotopic (exact) mass is 455 g/mol. The van der Waals surface area contributed by atoms with Crippen molar-refractivity contribution in [1.29, 1.82) is 0 Å². The van der Waals surface area contributed by atoms with Gasteiger partial charge >= 0.3 is 0 Å². The molecule has 0 aromatic carbocycles. The van der Waals surface area contributed by atoms with Gasteiger partial charge in [0.05, 0.1) is 19.5 Å². The fraction of sp³-hybridized carbons (Fsp3) is 0.529. The molecule has 170 valence electrons. The Hall–Kier alpha value is -2.46. The van der Waals surface area contributed by atoms with Crippen molar-refractivity contribution in [2.45, 2.75) is 30.6 Å². The van der Waals surface area contributed by atoms with Gasteiger partial charge in [-0.25, -0.2) is 9.97 Å². The molecule has 1 fully saturated rings. The molecule has 1 aliphatic heterocycles. The van der Waals surface area contributed by atoms with Crippen LogP contribution in [0.4, 0.5) is 5.95 Å². The molecule has 5 atom stereocenters. The molecule has 0 radical (unpaired) electrons. The lowest BCUT2D eigenvalue weighted by Gasteiger charge is -2.17. The number of aromatic nitrogens is 4. The molecule has 13 nitrogen and oxygen atoms in total. The summed E-state index contributed by atoms with van der Waals surface area (Å²) in [5.74, 6) is -0.114. The van der Waals surface area contributed by atoms with Gasteiger partial charge in [-0.2, -0.15) is 0 Å². The molecule has 14 heteroatoms. The first kappa shape index (κ1) is 23.2. The van der Waals surface area contributed by atoms with Crippen LogP contribution in [0.3, 0.4) is 0 Å². The first-order valence-corrected chi connectivity index (χ1v) is 9.90. The van der Waals surface area contributed by atoms with Crippen LogP contribution >= 0.6 is 12.2 Å². The normalized spacial score (nSPS) is 24.7. The molecule has 0 bridgehead atoms. The lowest BCUT2D eigenvalue weighted by Crippen LogP contribution is -2.42. The van der Waals surface area contributed by atoms with E-state index in [4.69, 9.17) is 27.8 Å². The summed E-state index contributed by atoms with van der Waals surface area (Å²) in [7, 11) is 0. The molecule has 0 aliphatic carbocycles. The average molecular weight is 455 g/mol. The number of H-pyrrole nitrogens is 1. The zero-order valence-corrected chi connectivity index (χ0v) is 17.2. The van der Waals surface area contributed by atoms with Crippen molar-refractivity contribution in [3.8, 4) is 0 Å². The van der Waals surface area contributed by atoms with Crippen molar-refractivity contribution in [2.75, 3.05) is 31.6 Å². The number of aliphatic hydroxyl groups is 4. The van der Waals surface area contributed by atoms with E-state index < -0.39 is 49.7 Å². The number of nitrogens with one attached hydrogen (secondary N) is 3. The van der Waals surface area contributed by atoms with Crippen LogP contribution in [-0.4, -0.2) is 96.5 Å². The summed E-state index contributed by atoms with van der Waals surface area (Å²) in [5, 5.41) is 43.9. The predicted molar refractivity (Wildman–Crippen MR) is 111 cm³/mol.